The average Bonchev–Trinajstić information content (AvgIpc) is 2.54. The van der Waals surface area contributed by atoms with Gasteiger partial charge in [0.05, 0.1) is 6.54 Å². The van der Waals surface area contributed by atoms with Crippen LogP contribution in [0.15, 0.2) is 0 Å². The van der Waals surface area contributed by atoms with Crippen molar-refractivity contribution in [3.05, 3.63) is 0 Å². The molecule has 0 aliphatic heterocycles. The molecule has 0 amide bonds. The lowest BCUT2D eigenvalue weighted by atomic mass is 10.1. The van der Waals surface area contributed by atoms with Crippen molar-refractivity contribution < 1.29 is 9.53 Å². The van der Waals surface area contributed by atoms with E-state index in [0.29, 0.717) is 12.6 Å². The second kappa shape index (κ2) is 7.66. The van der Waals surface area contributed by atoms with Gasteiger partial charge in [-0.1, -0.05) is 19.8 Å². The zero-order chi connectivity index (χ0) is 11.8. The molecule has 3 nitrogen and oxygen atoms in total. The highest BCUT2D eigenvalue weighted by Gasteiger charge is 2.16. The van der Waals surface area contributed by atoms with E-state index in [-0.39, 0.29) is 12.1 Å². The van der Waals surface area contributed by atoms with E-state index in [0.717, 1.165) is 19.3 Å². The highest BCUT2D eigenvalue weighted by Crippen LogP contribution is 2.19. The van der Waals surface area contributed by atoms with Crippen molar-refractivity contribution in [3.63, 3.8) is 0 Å². The molecule has 1 atom stereocenters. The molecule has 0 heterocycles. The molecule has 94 valence electrons. The molecule has 1 aliphatic rings. The normalized spacial score (nSPS) is 20.1. The Morgan fingerprint density at radius 1 is 1.31 bits per heavy atom. The monoisotopic (exact) mass is 227 g/mol. The molecule has 1 saturated carbocycles. The molecule has 0 saturated heterocycles. The Morgan fingerprint density at radius 3 is 2.50 bits per heavy atom. The van der Waals surface area contributed by atoms with E-state index in [9.17, 15) is 4.79 Å². The fourth-order valence-electron chi connectivity index (χ4n) is 1.99. The molecule has 1 rings (SSSR count). The SMILES string of the molecule is CCC(C)NCC(=O)OC1CCCCCC1. The first-order valence-electron chi connectivity index (χ1n) is 6.65. The quantitative estimate of drug-likeness (QED) is 0.579. The third-order valence-corrected chi connectivity index (χ3v) is 3.31. The minimum absolute atomic E-state index is 0.0906. The van der Waals surface area contributed by atoms with E-state index >= 15 is 0 Å². The number of hydrogen-bond donors (Lipinski definition) is 1. The van der Waals surface area contributed by atoms with Crippen LogP contribution in [0, 0.1) is 0 Å². The second-order valence-electron chi connectivity index (χ2n) is 4.79. The number of rotatable bonds is 5. The lowest BCUT2D eigenvalue weighted by Crippen LogP contribution is -2.33. The van der Waals surface area contributed by atoms with Crippen molar-refractivity contribution in [2.24, 2.45) is 0 Å². The Bertz CT molecular complexity index is 198. The lowest BCUT2D eigenvalue weighted by Gasteiger charge is -2.17. The topological polar surface area (TPSA) is 38.3 Å². The summed E-state index contributed by atoms with van der Waals surface area (Å²) in [5.41, 5.74) is 0. The van der Waals surface area contributed by atoms with Crippen LogP contribution in [0.4, 0.5) is 0 Å². The van der Waals surface area contributed by atoms with Gasteiger partial charge >= 0.3 is 5.97 Å². The van der Waals surface area contributed by atoms with Crippen LogP contribution < -0.4 is 5.32 Å². The van der Waals surface area contributed by atoms with Gasteiger partial charge in [0.25, 0.3) is 0 Å². The van der Waals surface area contributed by atoms with E-state index in [2.05, 4.69) is 19.2 Å². The van der Waals surface area contributed by atoms with Gasteiger partial charge < -0.3 is 10.1 Å². The van der Waals surface area contributed by atoms with Crippen molar-refractivity contribution in [2.75, 3.05) is 6.54 Å². The Labute approximate surface area is 98.9 Å². The van der Waals surface area contributed by atoms with Gasteiger partial charge in [-0.15, -0.1) is 0 Å². The minimum atomic E-state index is -0.0906. The summed E-state index contributed by atoms with van der Waals surface area (Å²) in [6.45, 7) is 4.54. The van der Waals surface area contributed by atoms with Crippen LogP contribution in [-0.2, 0) is 9.53 Å². The third kappa shape index (κ3) is 5.50. The predicted molar refractivity (Wildman–Crippen MR) is 65.3 cm³/mol. The van der Waals surface area contributed by atoms with Gasteiger partial charge in [0, 0.05) is 6.04 Å². The Hall–Kier alpha value is -0.570. The average molecular weight is 227 g/mol. The highest BCUT2D eigenvalue weighted by atomic mass is 16.5. The molecule has 0 aromatic rings. The molecular weight excluding hydrogens is 202 g/mol. The summed E-state index contributed by atoms with van der Waals surface area (Å²) in [4.78, 5) is 11.6. The number of hydrogen-bond acceptors (Lipinski definition) is 3. The molecule has 3 heteroatoms. The van der Waals surface area contributed by atoms with Crippen molar-refractivity contribution in [1.82, 2.24) is 5.32 Å². The summed E-state index contributed by atoms with van der Waals surface area (Å²) in [6.07, 6.45) is 8.31. The van der Waals surface area contributed by atoms with Crippen LogP contribution in [0.3, 0.4) is 0 Å². The molecule has 0 bridgehead atoms. The Balaban J connectivity index is 2.16. The standard InChI is InChI=1S/C13H25NO2/c1-3-11(2)14-10-13(15)16-12-8-6-4-5-7-9-12/h11-12,14H,3-10H2,1-2H3. The second-order valence-corrected chi connectivity index (χ2v) is 4.79. The Morgan fingerprint density at radius 2 is 1.94 bits per heavy atom. The molecule has 0 spiro atoms. The molecule has 1 N–H and O–H groups in total. The maximum Gasteiger partial charge on any atom is 0.320 e. The summed E-state index contributed by atoms with van der Waals surface area (Å²) >= 11 is 0. The van der Waals surface area contributed by atoms with Crippen molar-refractivity contribution in [2.45, 2.75) is 70.9 Å². The summed E-state index contributed by atoms with van der Waals surface area (Å²) in [7, 11) is 0. The molecule has 16 heavy (non-hydrogen) atoms. The van der Waals surface area contributed by atoms with Gasteiger partial charge in [-0.25, -0.2) is 0 Å². The summed E-state index contributed by atoms with van der Waals surface area (Å²) in [6, 6.07) is 0.390. The zero-order valence-corrected chi connectivity index (χ0v) is 10.6. The van der Waals surface area contributed by atoms with Crippen LogP contribution in [0.5, 0.6) is 0 Å². The first-order valence-corrected chi connectivity index (χ1v) is 6.65. The summed E-state index contributed by atoms with van der Waals surface area (Å²) < 4.78 is 5.46. The van der Waals surface area contributed by atoms with Gasteiger partial charge in [0.15, 0.2) is 0 Å². The van der Waals surface area contributed by atoms with E-state index in [1.807, 2.05) is 0 Å². The van der Waals surface area contributed by atoms with E-state index in [1.54, 1.807) is 0 Å². The molecule has 1 fully saturated rings. The van der Waals surface area contributed by atoms with Crippen LogP contribution in [0.25, 0.3) is 0 Å². The predicted octanol–water partition coefficient (Wildman–Crippen LogP) is 2.64. The molecule has 0 aromatic heterocycles. The van der Waals surface area contributed by atoms with Gasteiger partial charge in [-0.2, -0.15) is 0 Å². The van der Waals surface area contributed by atoms with E-state index < -0.39 is 0 Å². The number of ether oxygens (including phenoxy) is 1. The van der Waals surface area contributed by atoms with E-state index in [4.69, 9.17) is 4.74 Å². The van der Waals surface area contributed by atoms with E-state index in [1.165, 1.54) is 25.7 Å². The smallest absolute Gasteiger partial charge is 0.320 e. The number of esters is 1. The summed E-state index contributed by atoms with van der Waals surface area (Å²) in [5.74, 6) is -0.0906. The number of nitrogens with one attached hydrogen (secondary N) is 1. The van der Waals surface area contributed by atoms with Gasteiger partial charge in [-0.3, -0.25) is 4.79 Å². The fourth-order valence-corrected chi connectivity index (χ4v) is 1.99. The van der Waals surface area contributed by atoms with Gasteiger partial charge in [0.1, 0.15) is 6.10 Å². The largest absolute Gasteiger partial charge is 0.461 e. The van der Waals surface area contributed by atoms with Crippen molar-refractivity contribution >= 4 is 5.97 Å². The highest BCUT2D eigenvalue weighted by molar-refractivity contribution is 5.71. The lowest BCUT2D eigenvalue weighted by molar-refractivity contribution is -0.148. The first-order chi connectivity index (χ1) is 7.72. The van der Waals surface area contributed by atoms with Crippen molar-refractivity contribution in [1.29, 1.82) is 0 Å². The number of carbonyl (C=O) groups excluding carboxylic acids is 1. The molecule has 0 aromatic carbocycles. The van der Waals surface area contributed by atoms with Gasteiger partial charge in [0.2, 0.25) is 0 Å². The van der Waals surface area contributed by atoms with Gasteiger partial charge in [-0.05, 0) is 39.0 Å². The fraction of sp³-hybridized carbons (Fsp3) is 0.923. The molecule has 1 aliphatic carbocycles. The molecular formula is C13H25NO2. The Kier molecular flexibility index (Phi) is 6.46. The molecule has 1 unspecified atom stereocenters. The summed E-state index contributed by atoms with van der Waals surface area (Å²) in [5, 5.41) is 3.16. The van der Waals surface area contributed by atoms with Crippen LogP contribution in [0.2, 0.25) is 0 Å². The third-order valence-electron chi connectivity index (χ3n) is 3.31. The van der Waals surface area contributed by atoms with Crippen LogP contribution in [0.1, 0.15) is 58.8 Å². The minimum Gasteiger partial charge on any atom is -0.461 e. The maximum atomic E-state index is 11.6. The van der Waals surface area contributed by atoms with Crippen LogP contribution in [-0.4, -0.2) is 24.7 Å². The van der Waals surface area contributed by atoms with Crippen molar-refractivity contribution in [3.8, 4) is 0 Å². The zero-order valence-electron chi connectivity index (χ0n) is 10.6. The van der Waals surface area contributed by atoms with Crippen LogP contribution >= 0.6 is 0 Å². The molecule has 0 radical (unpaired) electrons. The first kappa shape index (κ1) is 13.5. The maximum absolute atomic E-state index is 11.6. The number of carbonyl (C=O) groups is 1.